The summed E-state index contributed by atoms with van der Waals surface area (Å²) in [7, 11) is 0. The molecule has 0 fully saturated rings. The van der Waals surface area contributed by atoms with E-state index in [4.69, 9.17) is 17.0 Å². The monoisotopic (exact) mass is 413 g/mol. The largest absolute Gasteiger partial charge is 0.316 e. The van der Waals surface area contributed by atoms with Crippen molar-refractivity contribution in [2.24, 2.45) is 4.99 Å². The van der Waals surface area contributed by atoms with Gasteiger partial charge in [0.1, 0.15) is 5.84 Å². The summed E-state index contributed by atoms with van der Waals surface area (Å²) in [4.78, 5) is 28.5. The van der Waals surface area contributed by atoms with Gasteiger partial charge in [0.25, 0.3) is 11.6 Å². The minimum Gasteiger partial charge on any atom is -0.316 e. The summed E-state index contributed by atoms with van der Waals surface area (Å²) in [6, 6.07) is 7.68. The minimum atomic E-state index is -0.518. The van der Waals surface area contributed by atoms with E-state index in [1.54, 1.807) is 33.9 Å². The van der Waals surface area contributed by atoms with E-state index >= 15 is 0 Å². The van der Waals surface area contributed by atoms with Crippen LogP contribution in [-0.2, 0) is 4.79 Å². The van der Waals surface area contributed by atoms with Gasteiger partial charge in [-0.3, -0.25) is 25.2 Å². The van der Waals surface area contributed by atoms with Crippen molar-refractivity contribution >= 4 is 52.0 Å². The fraction of sp³-hybridized carbons (Fsp3) is 0.0556. The predicted octanol–water partition coefficient (Wildman–Crippen LogP) is 4.21. The van der Waals surface area contributed by atoms with Gasteiger partial charge in [0.2, 0.25) is 0 Å². The SMILES string of the molecule is CC1=CSC2=NC(=O)/C(=C\c3cccn3-c3ccc([N+](=O)[O-])cc3Cl)C(=N)N12. The maximum Gasteiger partial charge on any atom is 0.283 e. The lowest BCUT2D eigenvalue weighted by Gasteiger charge is -2.25. The number of hydrogen-bond donors (Lipinski definition) is 1. The molecule has 0 saturated heterocycles. The van der Waals surface area contributed by atoms with Crippen LogP contribution in [0.2, 0.25) is 5.02 Å². The molecule has 10 heteroatoms. The number of halogens is 1. The van der Waals surface area contributed by atoms with Crippen molar-refractivity contribution in [1.29, 1.82) is 5.41 Å². The van der Waals surface area contributed by atoms with Gasteiger partial charge in [-0.25, -0.2) is 0 Å². The van der Waals surface area contributed by atoms with Crippen molar-refractivity contribution in [1.82, 2.24) is 9.47 Å². The molecule has 28 heavy (non-hydrogen) atoms. The zero-order valence-electron chi connectivity index (χ0n) is 14.4. The molecule has 1 amide bonds. The maximum absolute atomic E-state index is 12.4. The Kier molecular flexibility index (Phi) is 4.40. The van der Waals surface area contributed by atoms with Crippen molar-refractivity contribution < 1.29 is 9.72 Å². The molecule has 0 aliphatic carbocycles. The Labute approximate surface area is 168 Å². The third-order valence-corrected chi connectivity index (χ3v) is 5.51. The predicted molar refractivity (Wildman–Crippen MR) is 109 cm³/mol. The molecular weight excluding hydrogens is 402 g/mol. The maximum atomic E-state index is 12.4. The minimum absolute atomic E-state index is 0.0521. The first kappa shape index (κ1) is 18.2. The summed E-state index contributed by atoms with van der Waals surface area (Å²) in [5.74, 6) is -0.439. The first-order valence-corrected chi connectivity index (χ1v) is 9.31. The quantitative estimate of drug-likeness (QED) is 0.461. The van der Waals surface area contributed by atoms with Gasteiger partial charge in [0.15, 0.2) is 5.17 Å². The van der Waals surface area contributed by atoms with Gasteiger partial charge in [-0.15, -0.1) is 0 Å². The van der Waals surface area contributed by atoms with Crippen LogP contribution in [0.25, 0.3) is 11.8 Å². The van der Waals surface area contributed by atoms with Gasteiger partial charge >= 0.3 is 0 Å². The number of allylic oxidation sites excluding steroid dienone is 1. The third kappa shape index (κ3) is 2.94. The van der Waals surface area contributed by atoms with Crippen LogP contribution in [0.3, 0.4) is 0 Å². The second-order valence-electron chi connectivity index (χ2n) is 6.01. The van der Waals surface area contributed by atoms with Crippen LogP contribution < -0.4 is 0 Å². The number of nitro groups is 1. The highest BCUT2D eigenvalue weighted by atomic mass is 35.5. The second kappa shape index (κ2) is 6.77. The van der Waals surface area contributed by atoms with Gasteiger partial charge in [-0.05, 0) is 36.6 Å². The van der Waals surface area contributed by atoms with E-state index in [2.05, 4.69) is 4.99 Å². The Morgan fingerprint density at radius 3 is 2.86 bits per heavy atom. The van der Waals surface area contributed by atoms with E-state index in [0.717, 1.165) is 5.70 Å². The number of hydrogen-bond acceptors (Lipinski definition) is 5. The molecule has 2 aliphatic heterocycles. The normalized spacial score (nSPS) is 17.6. The van der Waals surface area contributed by atoms with Gasteiger partial charge in [0, 0.05) is 29.7 Å². The highest BCUT2D eigenvalue weighted by molar-refractivity contribution is 8.16. The van der Waals surface area contributed by atoms with Gasteiger partial charge in [0.05, 0.1) is 21.2 Å². The smallest absolute Gasteiger partial charge is 0.283 e. The number of aromatic nitrogens is 1. The van der Waals surface area contributed by atoms with E-state index in [-0.39, 0.29) is 22.1 Å². The molecule has 0 radical (unpaired) electrons. The zero-order valence-corrected chi connectivity index (χ0v) is 16.0. The summed E-state index contributed by atoms with van der Waals surface area (Å²) in [6.45, 7) is 1.84. The molecule has 4 rings (SSSR count). The molecule has 1 N–H and O–H groups in total. The molecule has 140 valence electrons. The molecule has 8 nitrogen and oxygen atoms in total. The Bertz CT molecular complexity index is 1150. The number of nitrogens with zero attached hydrogens (tertiary/aromatic N) is 4. The fourth-order valence-corrected chi connectivity index (χ4v) is 4.05. The van der Waals surface area contributed by atoms with Crippen molar-refractivity contribution in [3.05, 3.63) is 74.0 Å². The highest BCUT2D eigenvalue weighted by Gasteiger charge is 2.34. The van der Waals surface area contributed by atoms with Gasteiger partial charge in [-0.2, -0.15) is 4.99 Å². The summed E-state index contributed by atoms with van der Waals surface area (Å²) in [5, 5.41) is 21.8. The van der Waals surface area contributed by atoms with Crippen LogP contribution in [0.1, 0.15) is 12.6 Å². The average molecular weight is 414 g/mol. The number of non-ortho nitro benzene ring substituents is 1. The number of rotatable bonds is 3. The molecule has 1 aromatic heterocycles. The number of thioether (sulfide) groups is 1. The topological polar surface area (TPSA) is 105 Å². The van der Waals surface area contributed by atoms with Crippen LogP contribution in [0.5, 0.6) is 0 Å². The first-order chi connectivity index (χ1) is 13.4. The average Bonchev–Trinajstić information content (AvgIpc) is 3.25. The molecule has 2 aromatic rings. The van der Waals surface area contributed by atoms with Crippen molar-refractivity contribution in [3.8, 4) is 5.69 Å². The van der Waals surface area contributed by atoms with Crippen LogP contribution in [0, 0.1) is 15.5 Å². The molecule has 2 aliphatic rings. The molecular formula is C18H12ClN5O3S. The molecule has 0 saturated carbocycles. The lowest BCUT2D eigenvalue weighted by atomic mass is 10.1. The molecule has 0 atom stereocenters. The Hall–Kier alpha value is -3.17. The van der Waals surface area contributed by atoms with Crippen molar-refractivity contribution in [2.45, 2.75) is 6.92 Å². The Morgan fingerprint density at radius 1 is 1.36 bits per heavy atom. The molecule has 3 heterocycles. The second-order valence-corrected chi connectivity index (χ2v) is 7.26. The van der Waals surface area contributed by atoms with Crippen LogP contribution >= 0.6 is 23.4 Å². The standard InChI is InChI=1S/C18H12ClN5O3S/c1-10-9-28-18-21-17(25)13(16(20)23(10)18)7-11-3-2-6-22(11)15-5-4-12(24(26)27)8-14(15)19/h2-9,20H,1H3/b13-7-,20-16?. The molecule has 1 aromatic carbocycles. The van der Waals surface area contributed by atoms with Crippen molar-refractivity contribution in [3.63, 3.8) is 0 Å². The lowest BCUT2D eigenvalue weighted by Crippen LogP contribution is -2.37. The number of aliphatic imine (C=N–C) groups is 1. The number of fused-ring (bicyclic) bond motifs is 1. The van der Waals surface area contributed by atoms with Gasteiger partial charge < -0.3 is 4.57 Å². The number of amidine groups is 2. The van der Waals surface area contributed by atoms with Crippen LogP contribution in [-0.4, -0.2) is 31.3 Å². The number of carbonyl (C=O) groups is 1. The van der Waals surface area contributed by atoms with Crippen LogP contribution in [0.4, 0.5) is 5.69 Å². The van der Waals surface area contributed by atoms with Crippen molar-refractivity contribution in [2.75, 3.05) is 0 Å². The van der Waals surface area contributed by atoms with E-state index in [1.807, 2.05) is 12.3 Å². The number of carbonyl (C=O) groups excluding carboxylic acids is 1. The Balaban J connectivity index is 1.76. The molecule has 0 unspecified atom stereocenters. The summed E-state index contributed by atoms with van der Waals surface area (Å²) in [5.41, 5.74) is 1.98. The number of benzene rings is 1. The number of nitro benzene ring substituents is 1. The van der Waals surface area contributed by atoms with E-state index in [0.29, 0.717) is 16.5 Å². The van der Waals surface area contributed by atoms with Crippen LogP contribution in [0.15, 0.2) is 58.2 Å². The first-order valence-electron chi connectivity index (χ1n) is 8.05. The lowest BCUT2D eigenvalue weighted by molar-refractivity contribution is -0.384. The zero-order chi connectivity index (χ0) is 20.0. The fourth-order valence-electron chi connectivity index (χ4n) is 2.93. The summed E-state index contributed by atoms with van der Waals surface area (Å²) >= 11 is 7.54. The third-order valence-electron chi connectivity index (χ3n) is 4.26. The van der Waals surface area contributed by atoms with E-state index < -0.39 is 10.8 Å². The van der Waals surface area contributed by atoms with Gasteiger partial charge in [-0.1, -0.05) is 23.4 Å². The van der Waals surface area contributed by atoms with E-state index in [1.165, 1.54) is 30.0 Å². The number of nitrogens with one attached hydrogen (secondary N) is 1. The summed E-state index contributed by atoms with van der Waals surface area (Å²) < 4.78 is 1.69. The molecule has 0 spiro atoms. The molecule has 0 bridgehead atoms. The Morgan fingerprint density at radius 2 is 2.14 bits per heavy atom. The highest BCUT2D eigenvalue weighted by Crippen LogP contribution is 2.32. The summed E-state index contributed by atoms with van der Waals surface area (Å²) in [6.07, 6.45) is 3.29. The van der Waals surface area contributed by atoms with E-state index in [9.17, 15) is 14.9 Å². The number of amides is 1.